The van der Waals surface area contributed by atoms with Crippen LogP contribution < -0.4 is 4.90 Å². The lowest BCUT2D eigenvalue weighted by Gasteiger charge is -2.32. The summed E-state index contributed by atoms with van der Waals surface area (Å²) in [6, 6.07) is 12.3. The van der Waals surface area contributed by atoms with Crippen molar-refractivity contribution in [3.63, 3.8) is 0 Å². The number of fused-ring (bicyclic) bond motifs is 3. The van der Waals surface area contributed by atoms with Gasteiger partial charge in [-0.2, -0.15) is 0 Å². The van der Waals surface area contributed by atoms with Crippen LogP contribution in [0.15, 0.2) is 42.6 Å². The Bertz CT molecular complexity index is 1070. The molecule has 11 heteroatoms. The van der Waals surface area contributed by atoms with Gasteiger partial charge in [-0.05, 0) is 62.8 Å². The number of nitrogens with zero attached hydrogens (tertiary/aromatic N) is 7. The molecule has 7 nitrogen and oxygen atoms in total. The van der Waals surface area contributed by atoms with E-state index in [1.165, 1.54) is 11.3 Å². The standard InChI is InChI=1S/C24H30ClN7.3ClH/c1-29(2)13-14-30-16-19-15-20(25)6-7-21(19)32-23(17-30)27-28-24(32)18-8-11-31(12-9-18)22-5-3-4-10-26-22;;;/h3-7,10,15,18H,8-9,11-14,16-17H2,1-2H3;3*1H. The summed E-state index contributed by atoms with van der Waals surface area (Å²) < 4.78 is 2.31. The van der Waals surface area contributed by atoms with Crippen LogP contribution in [0.1, 0.15) is 36.0 Å². The van der Waals surface area contributed by atoms with Crippen molar-refractivity contribution in [1.29, 1.82) is 0 Å². The van der Waals surface area contributed by atoms with E-state index >= 15 is 0 Å². The predicted octanol–water partition coefficient (Wildman–Crippen LogP) is 4.84. The van der Waals surface area contributed by atoms with Gasteiger partial charge in [0.25, 0.3) is 0 Å². The van der Waals surface area contributed by atoms with Crippen molar-refractivity contribution in [3.8, 4) is 5.69 Å². The molecule has 0 unspecified atom stereocenters. The maximum Gasteiger partial charge on any atom is 0.151 e. The van der Waals surface area contributed by atoms with Crippen LogP contribution in [0.25, 0.3) is 5.69 Å². The number of pyridine rings is 1. The zero-order valence-electron chi connectivity index (χ0n) is 20.0. The molecule has 1 fully saturated rings. The summed E-state index contributed by atoms with van der Waals surface area (Å²) in [5.74, 6) is 3.54. The van der Waals surface area contributed by atoms with Crippen LogP contribution in [0.3, 0.4) is 0 Å². The number of likely N-dealkylation sites (N-methyl/N-ethyl adjacent to an activating group) is 1. The third-order valence-corrected chi connectivity index (χ3v) is 6.73. The van der Waals surface area contributed by atoms with Crippen molar-refractivity contribution in [1.82, 2.24) is 29.5 Å². The number of piperidine rings is 1. The maximum atomic E-state index is 6.39. The molecule has 192 valence electrons. The Morgan fingerprint density at radius 3 is 2.46 bits per heavy atom. The lowest BCUT2D eigenvalue weighted by atomic mass is 9.95. The van der Waals surface area contributed by atoms with Gasteiger partial charge in [-0.3, -0.25) is 9.47 Å². The lowest BCUT2D eigenvalue weighted by Crippen LogP contribution is -2.34. The van der Waals surface area contributed by atoms with E-state index in [1.807, 2.05) is 18.3 Å². The Balaban J connectivity index is 0.00000144. The average molecular weight is 561 g/mol. The minimum absolute atomic E-state index is 0. The fraction of sp³-hybridized carbons (Fsp3) is 0.458. The number of rotatable bonds is 5. The van der Waals surface area contributed by atoms with Gasteiger partial charge in [0.15, 0.2) is 5.82 Å². The highest BCUT2D eigenvalue weighted by atomic mass is 35.5. The molecule has 2 aliphatic heterocycles. The average Bonchev–Trinajstić information content (AvgIpc) is 3.14. The number of anilines is 1. The molecule has 0 atom stereocenters. The van der Waals surface area contributed by atoms with Crippen LogP contribution in [0, 0.1) is 0 Å². The zero-order valence-corrected chi connectivity index (χ0v) is 23.2. The second-order valence-electron chi connectivity index (χ2n) is 9.05. The van der Waals surface area contributed by atoms with Crippen molar-refractivity contribution in [2.24, 2.45) is 0 Å². The Morgan fingerprint density at radius 2 is 1.77 bits per heavy atom. The van der Waals surface area contributed by atoms with Crippen LogP contribution in [0.5, 0.6) is 0 Å². The number of hydrogen-bond donors (Lipinski definition) is 0. The van der Waals surface area contributed by atoms with Gasteiger partial charge in [-0.15, -0.1) is 47.4 Å². The van der Waals surface area contributed by atoms with E-state index in [1.54, 1.807) is 0 Å². The second-order valence-corrected chi connectivity index (χ2v) is 9.48. The van der Waals surface area contributed by atoms with Crippen molar-refractivity contribution in [2.75, 3.05) is 45.2 Å². The molecule has 35 heavy (non-hydrogen) atoms. The third kappa shape index (κ3) is 6.59. The summed E-state index contributed by atoms with van der Waals surface area (Å²) in [6.07, 6.45) is 3.95. The molecule has 0 aliphatic carbocycles. The highest BCUT2D eigenvalue weighted by Crippen LogP contribution is 2.34. The summed E-state index contributed by atoms with van der Waals surface area (Å²) in [5.41, 5.74) is 2.41. The molecule has 0 bridgehead atoms. The first-order chi connectivity index (χ1) is 15.6. The number of aromatic nitrogens is 4. The lowest BCUT2D eigenvalue weighted by molar-refractivity contribution is 0.224. The molecular formula is C24H33Cl4N7. The fourth-order valence-corrected chi connectivity index (χ4v) is 4.96. The van der Waals surface area contributed by atoms with E-state index in [-0.39, 0.29) is 37.2 Å². The van der Waals surface area contributed by atoms with Crippen LogP contribution >= 0.6 is 48.8 Å². The molecule has 1 aromatic carbocycles. The zero-order chi connectivity index (χ0) is 22.1. The summed E-state index contributed by atoms with van der Waals surface area (Å²) in [7, 11) is 4.22. The molecule has 2 aliphatic rings. The highest BCUT2D eigenvalue weighted by Gasteiger charge is 2.30. The first-order valence-electron chi connectivity index (χ1n) is 11.3. The van der Waals surface area contributed by atoms with E-state index in [4.69, 9.17) is 16.7 Å². The first kappa shape index (κ1) is 29.6. The molecule has 2 aromatic heterocycles. The maximum absolute atomic E-state index is 6.39. The Kier molecular flexibility index (Phi) is 11.1. The largest absolute Gasteiger partial charge is 0.357 e. The normalized spacial score (nSPS) is 15.8. The topological polar surface area (TPSA) is 53.3 Å². The Hall–Kier alpha value is -1.61. The van der Waals surface area contributed by atoms with E-state index < -0.39 is 0 Å². The molecule has 5 rings (SSSR count). The van der Waals surface area contributed by atoms with Gasteiger partial charge in [-0.25, -0.2) is 4.98 Å². The first-order valence-corrected chi connectivity index (χ1v) is 11.7. The SMILES string of the molecule is CN(C)CCN1Cc2cc(Cl)ccc2-n2c(nnc2C2CCN(c3ccccn3)CC2)C1.Cl.Cl.Cl. The van der Waals surface area contributed by atoms with Gasteiger partial charge in [0.1, 0.15) is 11.6 Å². The number of halogens is 4. The summed E-state index contributed by atoms with van der Waals surface area (Å²) >= 11 is 6.39. The monoisotopic (exact) mass is 559 g/mol. The molecule has 1 saturated heterocycles. The van der Waals surface area contributed by atoms with Crippen LogP contribution in [0.4, 0.5) is 5.82 Å². The minimum Gasteiger partial charge on any atom is -0.357 e. The van der Waals surface area contributed by atoms with Crippen molar-refractivity contribution in [3.05, 3.63) is 64.8 Å². The van der Waals surface area contributed by atoms with Gasteiger partial charge >= 0.3 is 0 Å². The van der Waals surface area contributed by atoms with Gasteiger partial charge in [0, 0.05) is 49.9 Å². The molecule has 0 N–H and O–H groups in total. The number of hydrogen-bond acceptors (Lipinski definition) is 6. The predicted molar refractivity (Wildman–Crippen MR) is 149 cm³/mol. The van der Waals surface area contributed by atoms with E-state index in [0.29, 0.717) is 5.92 Å². The summed E-state index contributed by atoms with van der Waals surface area (Å²) in [5, 5.41) is 10.2. The fourth-order valence-electron chi connectivity index (χ4n) is 4.76. The van der Waals surface area contributed by atoms with Crippen LogP contribution in [-0.2, 0) is 13.1 Å². The molecule has 4 heterocycles. The number of benzene rings is 1. The Morgan fingerprint density at radius 1 is 1.00 bits per heavy atom. The molecule has 0 amide bonds. The van der Waals surface area contributed by atoms with Crippen molar-refractivity contribution < 1.29 is 0 Å². The van der Waals surface area contributed by atoms with E-state index in [9.17, 15) is 0 Å². The van der Waals surface area contributed by atoms with E-state index in [2.05, 4.69) is 67.7 Å². The van der Waals surface area contributed by atoms with Gasteiger partial charge in [0.2, 0.25) is 0 Å². The molecule has 0 radical (unpaired) electrons. The summed E-state index contributed by atoms with van der Waals surface area (Å²) in [6.45, 7) is 5.59. The molecular weight excluding hydrogens is 528 g/mol. The smallest absolute Gasteiger partial charge is 0.151 e. The van der Waals surface area contributed by atoms with Gasteiger partial charge < -0.3 is 9.80 Å². The van der Waals surface area contributed by atoms with Gasteiger partial charge in [0.05, 0.1) is 12.2 Å². The molecule has 3 aromatic rings. The van der Waals surface area contributed by atoms with E-state index in [0.717, 1.165) is 74.6 Å². The van der Waals surface area contributed by atoms with Crippen molar-refractivity contribution >= 4 is 54.6 Å². The molecule has 0 spiro atoms. The highest BCUT2D eigenvalue weighted by molar-refractivity contribution is 6.30. The Labute approximate surface area is 231 Å². The van der Waals surface area contributed by atoms with Crippen LogP contribution in [-0.4, -0.2) is 69.8 Å². The molecule has 0 saturated carbocycles. The van der Waals surface area contributed by atoms with Gasteiger partial charge in [-0.1, -0.05) is 17.7 Å². The second kappa shape index (κ2) is 13.1. The van der Waals surface area contributed by atoms with Crippen molar-refractivity contribution in [2.45, 2.75) is 31.8 Å². The minimum atomic E-state index is 0. The summed E-state index contributed by atoms with van der Waals surface area (Å²) in [4.78, 5) is 11.5. The van der Waals surface area contributed by atoms with Crippen LogP contribution in [0.2, 0.25) is 5.02 Å². The third-order valence-electron chi connectivity index (χ3n) is 6.49. The quantitative estimate of drug-likeness (QED) is 0.445.